The Morgan fingerprint density at radius 3 is 2.68 bits per heavy atom. The highest BCUT2D eigenvalue weighted by atomic mass is 19.3. The summed E-state index contributed by atoms with van der Waals surface area (Å²) < 4.78 is 31.8. The number of anilines is 2. The molecule has 0 atom stereocenters. The number of hydrogen-bond donors (Lipinski definition) is 0. The Labute approximate surface area is 177 Å². The quantitative estimate of drug-likeness (QED) is 0.628. The van der Waals surface area contributed by atoms with Gasteiger partial charge in [0.25, 0.3) is 12.0 Å². The normalized spacial score (nSPS) is 16.7. The first-order valence-electron chi connectivity index (χ1n) is 10.3. The smallest absolute Gasteiger partial charge is 0.261 e. The van der Waals surface area contributed by atoms with Crippen molar-refractivity contribution in [1.29, 1.82) is 0 Å². The van der Waals surface area contributed by atoms with Crippen molar-refractivity contribution < 1.29 is 13.5 Å². The van der Waals surface area contributed by atoms with Crippen molar-refractivity contribution in [1.82, 2.24) is 19.5 Å². The predicted molar refractivity (Wildman–Crippen MR) is 112 cm³/mol. The van der Waals surface area contributed by atoms with E-state index in [0.29, 0.717) is 24.1 Å². The summed E-state index contributed by atoms with van der Waals surface area (Å²) in [5, 5.41) is 0.346. The van der Waals surface area contributed by atoms with Crippen molar-refractivity contribution in [2.75, 3.05) is 42.6 Å². The Bertz CT molecular complexity index is 1160. The molecule has 0 bridgehead atoms. The van der Waals surface area contributed by atoms with E-state index in [1.807, 2.05) is 12.1 Å². The van der Waals surface area contributed by atoms with Gasteiger partial charge in [0.05, 0.1) is 42.7 Å². The maximum absolute atomic E-state index is 12.6. The van der Waals surface area contributed by atoms with E-state index >= 15 is 0 Å². The third-order valence-electron chi connectivity index (χ3n) is 5.83. The van der Waals surface area contributed by atoms with Crippen molar-refractivity contribution >= 4 is 22.4 Å². The average molecular weight is 428 g/mol. The minimum Gasteiger partial charge on any atom is -0.376 e. The van der Waals surface area contributed by atoms with E-state index in [2.05, 4.69) is 24.8 Å². The van der Waals surface area contributed by atoms with E-state index in [1.54, 1.807) is 12.4 Å². The molecular weight excluding hydrogens is 406 g/mol. The van der Waals surface area contributed by atoms with Gasteiger partial charge in [0, 0.05) is 43.9 Å². The molecule has 4 heterocycles. The summed E-state index contributed by atoms with van der Waals surface area (Å²) in [6.07, 6.45) is 1.04. The topological polar surface area (TPSA) is 76.4 Å². The number of piperazine rings is 1. The molecular formula is C21H22F2N6O2. The number of alkyl halides is 2. The van der Waals surface area contributed by atoms with Gasteiger partial charge in [0.1, 0.15) is 12.1 Å². The van der Waals surface area contributed by atoms with Gasteiger partial charge in [0.2, 0.25) is 0 Å². The van der Waals surface area contributed by atoms with Crippen LogP contribution >= 0.6 is 0 Å². The van der Waals surface area contributed by atoms with E-state index in [9.17, 15) is 13.6 Å². The number of fused-ring (bicyclic) bond motifs is 2. The summed E-state index contributed by atoms with van der Waals surface area (Å²) in [6.45, 7) is 3.76. The fraction of sp³-hybridized carbons (Fsp3) is 0.429. The average Bonchev–Trinajstić information content (AvgIpc) is 2.80. The van der Waals surface area contributed by atoms with Crippen molar-refractivity contribution in [2.45, 2.75) is 26.0 Å². The number of halogens is 2. The number of aromatic nitrogens is 4. The van der Waals surface area contributed by atoms with Crippen LogP contribution in [0.25, 0.3) is 10.9 Å². The minimum atomic E-state index is -2.60. The van der Waals surface area contributed by atoms with Crippen molar-refractivity contribution in [2.24, 2.45) is 0 Å². The van der Waals surface area contributed by atoms with Crippen molar-refractivity contribution in [3.63, 3.8) is 0 Å². The highest BCUT2D eigenvalue weighted by Crippen LogP contribution is 2.27. The van der Waals surface area contributed by atoms with E-state index in [4.69, 9.17) is 4.74 Å². The molecule has 0 spiro atoms. The minimum absolute atomic E-state index is 0.346. The van der Waals surface area contributed by atoms with Gasteiger partial charge in [-0.1, -0.05) is 0 Å². The second-order valence-corrected chi connectivity index (χ2v) is 7.69. The van der Waals surface area contributed by atoms with Crippen molar-refractivity contribution in [3.8, 4) is 0 Å². The zero-order valence-corrected chi connectivity index (χ0v) is 16.9. The lowest BCUT2D eigenvalue weighted by atomic mass is 10.1. The van der Waals surface area contributed by atoms with Gasteiger partial charge in [0.15, 0.2) is 0 Å². The van der Waals surface area contributed by atoms with E-state index in [1.165, 1.54) is 6.33 Å². The zero-order valence-electron chi connectivity index (χ0n) is 16.9. The SMILES string of the molecule is O=c1c2ccc(N3CCN(c4ncnc5c4COCC5)CC3)cc2ncn1CC(F)F. The first kappa shape index (κ1) is 19.8. The van der Waals surface area contributed by atoms with Crippen LogP contribution in [-0.2, 0) is 24.3 Å². The monoisotopic (exact) mass is 428 g/mol. The molecule has 10 heteroatoms. The highest BCUT2D eigenvalue weighted by Gasteiger charge is 2.24. The second-order valence-electron chi connectivity index (χ2n) is 7.69. The Morgan fingerprint density at radius 2 is 1.87 bits per heavy atom. The summed E-state index contributed by atoms with van der Waals surface area (Å²) in [5.41, 5.74) is 3.17. The van der Waals surface area contributed by atoms with E-state index in [-0.39, 0.29) is 0 Å². The standard InChI is InChI=1S/C21H22F2N6O2/c22-19(23)10-29-13-26-18-9-14(1-2-15(18)21(29)30)27-4-6-28(7-5-27)20-16-11-31-8-3-17(16)24-12-25-20/h1-2,9,12-13,19H,3-8,10-11H2. The van der Waals surface area contributed by atoms with Crippen LogP contribution < -0.4 is 15.4 Å². The molecule has 31 heavy (non-hydrogen) atoms. The third kappa shape index (κ3) is 3.83. The first-order valence-corrected chi connectivity index (χ1v) is 10.3. The van der Waals surface area contributed by atoms with Gasteiger partial charge >= 0.3 is 0 Å². The molecule has 0 aliphatic carbocycles. The number of nitrogens with zero attached hydrogens (tertiary/aromatic N) is 6. The van der Waals surface area contributed by atoms with Gasteiger partial charge < -0.3 is 14.5 Å². The number of rotatable bonds is 4. The molecule has 2 aliphatic rings. The zero-order chi connectivity index (χ0) is 21.4. The first-order chi connectivity index (χ1) is 15.1. The van der Waals surface area contributed by atoms with E-state index < -0.39 is 18.5 Å². The number of ether oxygens (including phenoxy) is 1. The molecule has 1 saturated heterocycles. The maximum atomic E-state index is 12.6. The molecule has 1 fully saturated rings. The second kappa shape index (κ2) is 8.18. The Kier molecular flexibility index (Phi) is 5.23. The van der Waals surface area contributed by atoms with E-state index in [0.717, 1.165) is 59.9 Å². The lowest BCUT2D eigenvalue weighted by Gasteiger charge is -2.38. The maximum Gasteiger partial charge on any atom is 0.261 e. The van der Waals surface area contributed by atoms with Gasteiger partial charge in [-0.05, 0) is 18.2 Å². The summed E-state index contributed by atoms with van der Waals surface area (Å²) in [6, 6.07) is 5.38. The fourth-order valence-corrected chi connectivity index (χ4v) is 4.22. The molecule has 162 valence electrons. The molecule has 3 aromatic rings. The number of hydrogen-bond acceptors (Lipinski definition) is 7. The molecule has 0 radical (unpaired) electrons. The van der Waals surface area contributed by atoms with Crippen LogP contribution in [0.15, 0.2) is 35.6 Å². The van der Waals surface area contributed by atoms with Crippen LogP contribution in [0.5, 0.6) is 0 Å². The van der Waals surface area contributed by atoms with Gasteiger partial charge in [-0.25, -0.2) is 23.7 Å². The Morgan fingerprint density at radius 1 is 1.06 bits per heavy atom. The Hall–Kier alpha value is -3.14. The molecule has 0 N–H and O–H groups in total. The third-order valence-corrected chi connectivity index (χ3v) is 5.83. The van der Waals surface area contributed by atoms with Gasteiger partial charge in [-0.3, -0.25) is 9.36 Å². The fourth-order valence-electron chi connectivity index (χ4n) is 4.22. The van der Waals surface area contributed by atoms with Gasteiger partial charge in [-0.15, -0.1) is 0 Å². The van der Waals surface area contributed by atoms with Gasteiger partial charge in [-0.2, -0.15) is 0 Å². The largest absolute Gasteiger partial charge is 0.376 e. The molecule has 2 aliphatic heterocycles. The summed E-state index contributed by atoms with van der Waals surface area (Å²) in [4.78, 5) is 30.0. The molecule has 2 aromatic heterocycles. The van der Waals surface area contributed by atoms with Crippen LogP contribution in [0.4, 0.5) is 20.3 Å². The predicted octanol–water partition coefficient (Wildman–Crippen LogP) is 1.85. The Balaban J connectivity index is 1.33. The summed E-state index contributed by atoms with van der Waals surface area (Å²) in [7, 11) is 0. The molecule has 0 unspecified atom stereocenters. The highest BCUT2D eigenvalue weighted by molar-refractivity contribution is 5.81. The summed E-state index contributed by atoms with van der Waals surface area (Å²) in [5.74, 6) is 0.948. The molecule has 0 saturated carbocycles. The molecule has 1 aromatic carbocycles. The van der Waals surface area contributed by atoms with Crippen LogP contribution in [-0.4, -0.2) is 58.7 Å². The van der Waals surface area contributed by atoms with Crippen LogP contribution in [0, 0.1) is 0 Å². The molecule has 5 rings (SSSR count). The van der Waals surface area contributed by atoms with Crippen molar-refractivity contribution in [3.05, 3.63) is 52.5 Å². The van der Waals surface area contributed by atoms with Crippen LogP contribution in [0.2, 0.25) is 0 Å². The number of benzene rings is 1. The van der Waals surface area contributed by atoms with Crippen LogP contribution in [0.1, 0.15) is 11.3 Å². The van der Waals surface area contributed by atoms with Crippen LogP contribution in [0.3, 0.4) is 0 Å². The molecule has 0 amide bonds. The molecule has 8 nitrogen and oxygen atoms in total. The summed E-state index contributed by atoms with van der Waals surface area (Å²) >= 11 is 0. The lowest BCUT2D eigenvalue weighted by molar-refractivity contribution is 0.109. The lowest BCUT2D eigenvalue weighted by Crippen LogP contribution is -2.47.